The molecule has 1 aliphatic carbocycles. The van der Waals surface area contributed by atoms with Gasteiger partial charge in [-0.3, -0.25) is 0 Å². The van der Waals surface area contributed by atoms with E-state index in [-0.39, 0.29) is 5.41 Å². The van der Waals surface area contributed by atoms with Gasteiger partial charge in [0.05, 0.1) is 0 Å². The number of halogens is 3. The van der Waals surface area contributed by atoms with Gasteiger partial charge in [0.1, 0.15) is 4.33 Å². The molecule has 1 aliphatic rings. The largest absolute Gasteiger partial charge is 0.465 e. The molecule has 1 fully saturated rings. The van der Waals surface area contributed by atoms with Crippen molar-refractivity contribution in [3.63, 3.8) is 0 Å². The standard InChI is InChI=1S/C14H17Cl3.CH3NO2/c1-4-13(10(3)14(13,16)17)9(2)11-5-7-12(15)8-6-11;2-1(3)4/h5-10H,4H2,1-3H3;2H2,(H,3,4). The molecule has 0 radical (unpaired) electrons. The minimum atomic E-state index is -1.33. The molecular formula is C15H20Cl3NO2. The number of nitrogens with two attached hydrogens (primary N) is 1. The summed E-state index contributed by atoms with van der Waals surface area (Å²) >= 11 is 18.8. The number of alkyl halides is 2. The molecule has 0 bridgehead atoms. The van der Waals surface area contributed by atoms with Gasteiger partial charge in [0.25, 0.3) is 0 Å². The highest BCUT2D eigenvalue weighted by atomic mass is 35.5. The maximum atomic E-state index is 8.78. The van der Waals surface area contributed by atoms with Gasteiger partial charge in [0.2, 0.25) is 0 Å². The van der Waals surface area contributed by atoms with Crippen LogP contribution in [0.25, 0.3) is 0 Å². The van der Waals surface area contributed by atoms with Gasteiger partial charge in [0, 0.05) is 10.4 Å². The topological polar surface area (TPSA) is 63.3 Å². The minimum absolute atomic E-state index is 0.00998. The van der Waals surface area contributed by atoms with Crippen LogP contribution >= 0.6 is 34.8 Å². The Kier molecular flexibility index (Phi) is 5.82. The van der Waals surface area contributed by atoms with E-state index in [1.54, 1.807) is 0 Å². The Labute approximate surface area is 140 Å². The summed E-state index contributed by atoms with van der Waals surface area (Å²) in [5.41, 5.74) is 5.27. The molecular weight excluding hydrogens is 333 g/mol. The molecule has 0 saturated heterocycles. The van der Waals surface area contributed by atoms with Crippen molar-refractivity contribution in [2.45, 2.75) is 37.4 Å². The van der Waals surface area contributed by atoms with Crippen molar-refractivity contribution in [3.8, 4) is 0 Å². The van der Waals surface area contributed by atoms with Crippen molar-refractivity contribution < 1.29 is 9.90 Å². The number of hydrogen-bond acceptors (Lipinski definition) is 1. The number of rotatable bonds is 3. The van der Waals surface area contributed by atoms with Crippen LogP contribution in [0.5, 0.6) is 0 Å². The van der Waals surface area contributed by atoms with Crippen LogP contribution in [-0.2, 0) is 0 Å². The molecule has 1 aromatic rings. The van der Waals surface area contributed by atoms with Crippen molar-refractivity contribution in [2.75, 3.05) is 0 Å². The van der Waals surface area contributed by atoms with E-state index in [4.69, 9.17) is 44.7 Å². The van der Waals surface area contributed by atoms with E-state index in [9.17, 15) is 0 Å². The van der Waals surface area contributed by atoms with Gasteiger partial charge in [0.15, 0.2) is 0 Å². The predicted octanol–water partition coefficient (Wildman–Crippen LogP) is 5.29. The van der Waals surface area contributed by atoms with Gasteiger partial charge in [-0.05, 0) is 36.0 Å². The predicted molar refractivity (Wildman–Crippen MR) is 88.4 cm³/mol. The molecule has 1 aromatic carbocycles. The number of carboxylic acid groups (broad SMARTS) is 1. The average Bonchev–Trinajstić information content (AvgIpc) is 2.83. The lowest BCUT2D eigenvalue weighted by molar-refractivity contribution is 0.205. The third-order valence-electron chi connectivity index (χ3n) is 4.58. The van der Waals surface area contributed by atoms with Crippen LogP contribution in [0.3, 0.4) is 0 Å². The third kappa shape index (κ3) is 3.41. The van der Waals surface area contributed by atoms with Gasteiger partial charge in [-0.2, -0.15) is 0 Å². The minimum Gasteiger partial charge on any atom is -0.465 e. The molecule has 3 N–H and O–H groups in total. The molecule has 0 aromatic heterocycles. The number of amides is 1. The van der Waals surface area contributed by atoms with Crippen molar-refractivity contribution in [1.82, 2.24) is 0 Å². The van der Waals surface area contributed by atoms with Crippen LogP contribution < -0.4 is 5.73 Å². The fourth-order valence-corrected chi connectivity index (χ4v) is 4.55. The third-order valence-corrected chi connectivity index (χ3v) is 6.19. The summed E-state index contributed by atoms with van der Waals surface area (Å²) in [6.07, 6.45) is -0.342. The lowest BCUT2D eigenvalue weighted by Crippen LogP contribution is -2.17. The van der Waals surface area contributed by atoms with Gasteiger partial charge in [-0.1, -0.05) is 44.5 Å². The maximum Gasteiger partial charge on any atom is 0.402 e. The number of benzene rings is 1. The van der Waals surface area contributed by atoms with Crippen molar-refractivity contribution >= 4 is 40.9 Å². The zero-order valence-corrected chi connectivity index (χ0v) is 14.5. The Morgan fingerprint density at radius 3 is 2.05 bits per heavy atom. The van der Waals surface area contributed by atoms with Crippen LogP contribution in [0.4, 0.5) is 4.79 Å². The molecule has 118 valence electrons. The van der Waals surface area contributed by atoms with Crippen molar-refractivity contribution in [1.29, 1.82) is 0 Å². The molecule has 21 heavy (non-hydrogen) atoms. The quantitative estimate of drug-likeness (QED) is 0.726. The summed E-state index contributed by atoms with van der Waals surface area (Å²) in [5, 5.41) is 7.96. The highest BCUT2D eigenvalue weighted by molar-refractivity contribution is 6.52. The van der Waals surface area contributed by atoms with E-state index in [0.717, 1.165) is 11.4 Å². The fourth-order valence-electron chi connectivity index (χ4n) is 3.23. The molecule has 0 spiro atoms. The molecule has 6 heteroatoms. The molecule has 0 aliphatic heterocycles. The molecule has 1 amide bonds. The second kappa shape index (κ2) is 6.64. The first-order valence-electron chi connectivity index (χ1n) is 6.72. The normalized spacial score (nSPS) is 27.2. The molecule has 1 saturated carbocycles. The summed E-state index contributed by atoms with van der Waals surface area (Å²) < 4.78 is -0.596. The van der Waals surface area contributed by atoms with Crippen molar-refractivity contribution in [2.24, 2.45) is 17.1 Å². The first-order valence-corrected chi connectivity index (χ1v) is 7.86. The van der Waals surface area contributed by atoms with Gasteiger partial charge in [-0.25, -0.2) is 4.79 Å². The van der Waals surface area contributed by atoms with E-state index in [1.807, 2.05) is 12.1 Å². The molecule has 0 heterocycles. The average molecular weight is 353 g/mol. The number of hydrogen-bond donors (Lipinski definition) is 2. The lowest BCUT2D eigenvalue weighted by atomic mass is 9.81. The zero-order chi connectivity index (χ0) is 16.4. The Bertz CT molecular complexity index is 500. The Morgan fingerprint density at radius 2 is 1.76 bits per heavy atom. The molecule has 3 nitrogen and oxygen atoms in total. The summed E-state index contributed by atoms with van der Waals surface area (Å²) in [6.45, 7) is 6.50. The molecule has 3 unspecified atom stereocenters. The Balaban J connectivity index is 0.000000491. The van der Waals surface area contributed by atoms with Gasteiger partial charge in [-0.15, -0.1) is 23.2 Å². The summed E-state index contributed by atoms with van der Waals surface area (Å²) in [6, 6.07) is 7.99. The van der Waals surface area contributed by atoms with E-state index < -0.39 is 10.4 Å². The number of primary amides is 1. The second-order valence-corrected chi connectivity index (χ2v) is 7.17. The van der Waals surface area contributed by atoms with E-state index >= 15 is 0 Å². The monoisotopic (exact) mass is 351 g/mol. The summed E-state index contributed by atoms with van der Waals surface area (Å²) in [5.74, 6) is 0.670. The Morgan fingerprint density at radius 1 is 1.38 bits per heavy atom. The first-order chi connectivity index (χ1) is 9.61. The molecule has 3 atom stereocenters. The second-order valence-electron chi connectivity index (χ2n) is 5.35. The molecule has 2 rings (SSSR count). The zero-order valence-electron chi connectivity index (χ0n) is 12.2. The van der Waals surface area contributed by atoms with Crippen LogP contribution in [-0.4, -0.2) is 15.5 Å². The highest BCUT2D eigenvalue weighted by Crippen LogP contribution is 2.75. The first kappa shape index (κ1) is 18.4. The summed E-state index contributed by atoms with van der Waals surface area (Å²) in [7, 11) is 0. The van der Waals surface area contributed by atoms with Crippen LogP contribution in [0.1, 0.15) is 38.7 Å². The Hall–Kier alpha value is -0.640. The van der Waals surface area contributed by atoms with E-state index in [2.05, 4.69) is 38.6 Å². The highest BCUT2D eigenvalue weighted by Gasteiger charge is 2.74. The van der Waals surface area contributed by atoms with Crippen LogP contribution in [0.2, 0.25) is 5.02 Å². The van der Waals surface area contributed by atoms with Gasteiger partial charge < -0.3 is 10.8 Å². The van der Waals surface area contributed by atoms with Crippen molar-refractivity contribution in [3.05, 3.63) is 34.9 Å². The maximum absolute atomic E-state index is 8.78. The van der Waals surface area contributed by atoms with E-state index in [0.29, 0.717) is 11.8 Å². The number of carbonyl (C=O) groups is 1. The van der Waals surface area contributed by atoms with Crippen LogP contribution in [0, 0.1) is 11.3 Å². The SMILES string of the molecule is CCC1(C(C)c2ccc(Cl)cc2)C(C)C1(Cl)Cl.NC(=O)O. The fraction of sp³-hybridized carbons (Fsp3) is 0.533. The van der Waals surface area contributed by atoms with Crippen LogP contribution in [0.15, 0.2) is 24.3 Å². The summed E-state index contributed by atoms with van der Waals surface area (Å²) in [4.78, 5) is 8.78. The lowest BCUT2D eigenvalue weighted by Gasteiger charge is -2.25. The smallest absolute Gasteiger partial charge is 0.402 e. The van der Waals surface area contributed by atoms with E-state index in [1.165, 1.54) is 5.56 Å². The van der Waals surface area contributed by atoms with Gasteiger partial charge >= 0.3 is 6.09 Å².